The Morgan fingerprint density at radius 3 is 2.48 bits per heavy atom. The van der Waals surface area contributed by atoms with E-state index >= 15 is 0 Å². The fraction of sp³-hybridized carbons (Fsp3) is 0.500. The van der Waals surface area contributed by atoms with Crippen LogP contribution in [0.2, 0.25) is 0 Å². The molecule has 1 aromatic carbocycles. The minimum Gasteiger partial charge on any atom is -0.595 e. The van der Waals surface area contributed by atoms with Gasteiger partial charge in [0.2, 0.25) is 6.20 Å². The maximum Gasteiger partial charge on any atom is 0.213 e. The number of methoxy groups -OCH3 is 1. The molecule has 2 atom stereocenters. The van der Waals surface area contributed by atoms with Gasteiger partial charge in [-0.1, -0.05) is 30.3 Å². The molecule has 5 heteroatoms. The lowest BCUT2D eigenvalue weighted by atomic mass is 10.0. The van der Waals surface area contributed by atoms with E-state index in [1.165, 1.54) is 6.20 Å². The Balaban J connectivity index is 3.01. The predicted octanol–water partition coefficient (Wildman–Crippen LogP) is 3.57. The van der Waals surface area contributed by atoms with Crippen LogP contribution in [-0.2, 0) is 0 Å². The third-order valence-electron chi connectivity index (χ3n) is 3.24. The number of hydroxylamine groups is 1. The van der Waals surface area contributed by atoms with Crippen molar-refractivity contribution in [3.05, 3.63) is 41.2 Å². The van der Waals surface area contributed by atoms with Crippen LogP contribution in [0.3, 0.4) is 0 Å². The molecule has 5 nitrogen and oxygen atoms in total. The van der Waals surface area contributed by atoms with E-state index in [2.05, 4.69) is 12.0 Å². The number of hydrogen-bond acceptors (Lipinski definition) is 4. The topological polar surface area (TPSA) is 67.9 Å². The summed E-state index contributed by atoms with van der Waals surface area (Å²) < 4.78 is 5.13. The number of ether oxygens (including phenoxy) is 1. The predicted molar refractivity (Wildman–Crippen MR) is 83.1 cm³/mol. The van der Waals surface area contributed by atoms with E-state index in [0.29, 0.717) is 4.86 Å². The van der Waals surface area contributed by atoms with E-state index in [1.807, 2.05) is 24.3 Å². The van der Waals surface area contributed by atoms with Crippen molar-refractivity contribution in [1.29, 1.82) is 0 Å². The van der Waals surface area contributed by atoms with Crippen molar-refractivity contribution in [2.45, 2.75) is 45.8 Å². The van der Waals surface area contributed by atoms with Gasteiger partial charge in [-0.05, 0) is 43.1 Å². The monoisotopic (exact) mass is 292 g/mol. The first-order valence-corrected chi connectivity index (χ1v) is 7.18. The summed E-state index contributed by atoms with van der Waals surface area (Å²) in [5, 5.41) is 25.1. The molecule has 0 aliphatic carbocycles. The number of aliphatic hydroxyl groups excluding tert-OH is 1. The molecular formula is C16H24N2O3. The Hall–Kier alpha value is -1.88. The second-order valence-corrected chi connectivity index (χ2v) is 5.03. The molecule has 0 bridgehead atoms. The normalized spacial score (nSPS) is 15.7. The minimum atomic E-state index is -0.648. The van der Waals surface area contributed by atoms with Gasteiger partial charge in [0.05, 0.1) is 13.2 Å². The summed E-state index contributed by atoms with van der Waals surface area (Å²) in [6, 6.07) is 7.14. The van der Waals surface area contributed by atoms with Crippen molar-refractivity contribution < 1.29 is 14.7 Å². The molecular weight excluding hydrogens is 268 g/mol. The van der Waals surface area contributed by atoms with Gasteiger partial charge in [-0.2, -0.15) is 0 Å². The fourth-order valence-corrected chi connectivity index (χ4v) is 1.80. The van der Waals surface area contributed by atoms with Crippen LogP contribution < -0.4 is 4.74 Å². The molecule has 0 heterocycles. The van der Waals surface area contributed by atoms with Crippen molar-refractivity contribution in [2.24, 2.45) is 5.11 Å². The van der Waals surface area contributed by atoms with Gasteiger partial charge < -0.3 is 15.1 Å². The van der Waals surface area contributed by atoms with E-state index in [0.717, 1.165) is 29.7 Å². The van der Waals surface area contributed by atoms with Crippen LogP contribution in [0.25, 0.3) is 5.57 Å². The zero-order valence-corrected chi connectivity index (χ0v) is 13.1. The van der Waals surface area contributed by atoms with E-state index in [4.69, 9.17) is 4.74 Å². The van der Waals surface area contributed by atoms with Crippen LogP contribution in [-0.4, -0.2) is 29.2 Å². The summed E-state index contributed by atoms with van der Waals surface area (Å²) in [6.45, 7) is 5.38. The molecule has 116 valence electrons. The van der Waals surface area contributed by atoms with Gasteiger partial charge in [0.25, 0.3) is 0 Å². The van der Waals surface area contributed by atoms with Crippen LogP contribution in [0.15, 0.2) is 35.6 Å². The Bertz CT molecular complexity index is 493. The first-order chi connectivity index (χ1) is 9.97. The van der Waals surface area contributed by atoms with E-state index in [-0.39, 0.29) is 0 Å². The molecule has 0 fully saturated rings. The Morgan fingerprint density at radius 2 is 2.00 bits per heavy atom. The number of azo groups is 1. The number of rotatable bonds is 7. The van der Waals surface area contributed by atoms with Gasteiger partial charge in [-0.3, -0.25) is 0 Å². The number of nitrogens with zero attached hydrogens (tertiary/aromatic N) is 2. The molecule has 0 aliphatic rings. The number of aliphatic hydroxyl groups is 1. The van der Waals surface area contributed by atoms with Gasteiger partial charge in [0, 0.05) is 5.57 Å². The molecule has 21 heavy (non-hydrogen) atoms. The Morgan fingerprint density at radius 1 is 1.38 bits per heavy atom. The summed E-state index contributed by atoms with van der Waals surface area (Å²) in [5.41, 5.74) is 1.88. The molecule has 1 N–H and O–H groups in total. The quantitative estimate of drug-likeness (QED) is 0.474. The average Bonchev–Trinajstić information content (AvgIpc) is 2.46. The van der Waals surface area contributed by atoms with Gasteiger partial charge >= 0.3 is 0 Å². The summed E-state index contributed by atoms with van der Waals surface area (Å²) >= 11 is 0. The lowest BCUT2D eigenvalue weighted by molar-refractivity contribution is -0.462. The van der Waals surface area contributed by atoms with E-state index < -0.39 is 12.1 Å². The lowest BCUT2D eigenvalue weighted by Crippen LogP contribution is -2.18. The summed E-state index contributed by atoms with van der Waals surface area (Å²) in [7, 11) is 1.62. The molecule has 0 radical (unpaired) electrons. The van der Waals surface area contributed by atoms with Crippen LogP contribution in [0.4, 0.5) is 0 Å². The largest absolute Gasteiger partial charge is 0.595 e. The highest BCUT2D eigenvalue weighted by atomic mass is 16.5. The minimum absolute atomic E-state index is 0.433. The zero-order chi connectivity index (χ0) is 15.8. The van der Waals surface area contributed by atoms with Crippen molar-refractivity contribution in [3.63, 3.8) is 0 Å². The maximum absolute atomic E-state index is 11.9. The number of benzene rings is 1. The Kier molecular flexibility index (Phi) is 6.88. The summed E-state index contributed by atoms with van der Waals surface area (Å²) in [6.07, 6.45) is 2.54. The summed E-state index contributed by atoms with van der Waals surface area (Å²) in [4.78, 5) is 0.548. The van der Waals surface area contributed by atoms with Crippen molar-refractivity contribution >= 4 is 5.57 Å². The molecule has 0 saturated heterocycles. The smallest absolute Gasteiger partial charge is 0.213 e. The van der Waals surface area contributed by atoms with Crippen LogP contribution >= 0.6 is 0 Å². The Labute approximate surface area is 126 Å². The molecule has 0 aliphatic heterocycles. The molecule has 0 saturated carbocycles. The highest BCUT2D eigenvalue weighted by molar-refractivity contribution is 5.64. The average molecular weight is 292 g/mol. The van der Waals surface area contributed by atoms with Crippen molar-refractivity contribution in [3.8, 4) is 5.75 Å². The molecule has 1 rings (SSSR count). The maximum atomic E-state index is 11.9. The van der Waals surface area contributed by atoms with Crippen molar-refractivity contribution in [1.82, 2.24) is 0 Å². The van der Waals surface area contributed by atoms with Crippen molar-refractivity contribution in [2.75, 3.05) is 7.11 Å². The molecule has 1 aromatic rings. The second-order valence-electron chi connectivity index (χ2n) is 5.03. The number of allylic oxidation sites excluding steroid dienone is 1. The first kappa shape index (κ1) is 17.2. The molecule has 0 amide bonds. The van der Waals surface area contributed by atoms with Crippen LogP contribution in [0, 0.1) is 5.21 Å². The van der Waals surface area contributed by atoms with Crippen LogP contribution in [0.5, 0.6) is 5.75 Å². The van der Waals surface area contributed by atoms with Gasteiger partial charge in [-0.15, -0.1) is 0 Å². The molecule has 2 unspecified atom stereocenters. The molecule has 0 aromatic heterocycles. The standard InChI is InChI=1S/C16H24N2O3/c1-5-6-15(11-18(20)17-12(2)13(3)19)14-7-9-16(21-4)10-8-14/h7-13,19H,5-6H2,1-4H3. The van der Waals surface area contributed by atoms with Crippen LogP contribution in [0.1, 0.15) is 39.2 Å². The van der Waals surface area contributed by atoms with Gasteiger partial charge in [-0.25, -0.2) is 0 Å². The fourth-order valence-electron chi connectivity index (χ4n) is 1.80. The number of hydrogen-bond donors (Lipinski definition) is 1. The highest BCUT2D eigenvalue weighted by Crippen LogP contribution is 2.22. The summed E-state index contributed by atoms with van der Waals surface area (Å²) in [5.74, 6) is 0.779. The first-order valence-electron chi connectivity index (χ1n) is 7.18. The van der Waals surface area contributed by atoms with E-state index in [1.54, 1.807) is 21.0 Å². The third kappa shape index (κ3) is 5.55. The lowest BCUT2D eigenvalue weighted by Gasteiger charge is -2.08. The third-order valence-corrected chi connectivity index (χ3v) is 3.24. The van der Waals surface area contributed by atoms with Gasteiger partial charge in [0.1, 0.15) is 11.8 Å². The van der Waals surface area contributed by atoms with E-state index in [9.17, 15) is 10.3 Å². The SMILES string of the molecule is CCCC(=C[N+]([O-])=NC(C)C(C)O)c1ccc(OC)cc1. The highest BCUT2D eigenvalue weighted by Gasteiger charge is 2.11. The zero-order valence-electron chi connectivity index (χ0n) is 13.1. The molecule has 0 spiro atoms. The second kappa shape index (κ2) is 8.42. The van der Waals surface area contributed by atoms with Gasteiger partial charge in [0.15, 0.2) is 0 Å².